The molecule has 3 nitrogen and oxygen atoms in total. The maximum absolute atomic E-state index is 5.67. The summed E-state index contributed by atoms with van der Waals surface area (Å²) in [7, 11) is 0. The Balaban J connectivity index is 0.000000980. The SMILES string of the molecule is CCn1cnc2c1CCC(CN)C2.Cl.Cl. The second-order valence-electron chi connectivity index (χ2n) is 3.77. The van der Waals surface area contributed by atoms with E-state index in [1.165, 1.54) is 17.8 Å². The van der Waals surface area contributed by atoms with E-state index in [0.717, 1.165) is 25.9 Å². The summed E-state index contributed by atoms with van der Waals surface area (Å²) in [6.07, 6.45) is 5.43. The molecule has 0 aromatic carbocycles. The number of nitrogens with zero attached hydrogens (tertiary/aromatic N) is 2. The summed E-state index contributed by atoms with van der Waals surface area (Å²) in [5.41, 5.74) is 8.38. The molecule has 0 amide bonds. The van der Waals surface area contributed by atoms with Crippen LogP contribution >= 0.6 is 24.8 Å². The molecule has 15 heavy (non-hydrogen) atoms. The van der Waals surface area contributed by atoms with E-state index in [9.17, 15) is 0 Å². The van der Waals surface area contributed by atoms with Crippen LogP contribution < -0.4 is 5.73 Å². The first-order chi connectivity index (χ1) is 6.35. The van der Waals surface area contributed by atoms with Gasteiger partial charge in [-0.2, -0.15) is 0 Å². The van der Waals surface area contributed by atoms with Crippen molar-refractivity contribution in [3.8, 4) is 0 Å². The Morgan fingerprint density at radius 2 is 2.27 bits per heavy atom. The first kappa shape index (κ1) is 14.8. The summed E-state index contributed by atoms with van der Waals surface area (Å²) in [6, 6.07) is 0. The molecule has 0 spiro atoms. The van der Waals surface area contributed by atoms with Gasteiger partial charge in [0.2, 0.25) is 0 Å². The standard InChI is InChI=1S/C10H17N3.2ClH/c1-2-13-7-12-9-5-8(6-11)3-4-10(9)13;;/h7-8H,2-6,11H2,1H3;2*1H. The van der Waals surface area contributed by atoms with Gasteiger partial charge in [-0.05, 0) is 38.6 Å². The highest BCUT2D eigenvalue weighted by atomic mass is 35.5. The summed E-state index contributed by atoms with van der Waals surface area (Å²) in [4.78, 5) is 4.43. The summed E-state index contributed by atoms with van der Waals surface area (Å²) >= 11 is 0. The fourth-order valence-electron chi connectivity index (χ4n) is 2.10. The number of halogens is 2. The molecule has 0 saturated heterocycles. The van der Waals surface area contributed by atoms with Crippen LogP contribution in [0, 0.1) is 5.92 Å². The van der Waals surface area contributed by atoms with E-state index in [2.05, 4.69) is 16.5 Å². The van der Waals surface area contributed by atoms with Crippen molar-refractivity contribution in [1.82, 2.24) is 9.55 Å². The van der Waals surface area contributed by atoms with E-state index in [4.69, 9.17) is 5.73 Å². The first-order valence-corrected chi connectivity index (χ1v) is 5.08. The van der Waals surface area contributed by atoms with Gasteiger partial charge in [0, 0.05) is 12.2 Å². The minimum Gasteiger partial charge on any atom is -0.335 e. The van der Waals surface area contributed by atoms with Crippen molar-refractivity contribution in [3.63, 3.8) is 0 Å². The maximum atomic E-state index is 5.67. The molecule has 2 rings (SSSR count). The molecule has 0 saturated carbocycles. The third kappa shape index (κ3) is 2.86. The number of aromatic nitrogens is 2. The minimum atomic E-state index is 0. The van der Waals surface area contributed by atoms with Gasteiger partial charge in [0.25, 0.3) is 0 Å². The summed E-state index contributed by atoms with van der Waals surface area (Å²) in [5, 5.41) is 0. The highest BCUT2D eigenvalue weighted by Gasteiger charge is 2.20. The molecule has 0 fully saturated rings. The number of fused-ring (bicyclic) bond motifs is 1. The van der Waals surface area contributed by atoms with E-state index in [1.54, 1.807) is 0 Å². The Morgan fingerprint density at radius 3 is 2.87 bits per heavy atom. The number of nitrogens with two attached hydrogens (primary N) is 1. The highest BCUT2D eigenvalue weighted by Crippen LogP contribution is 2.23. The largest absolute Gasteiger partial charge is 0.335 e. The quantitative estimate of drug-likeness (QED) is 0.872. The average Bonchev–Trinajstić information content (AvgIpc) is 2.59. The molecule has 0 bridgehead atoms. The first-order valence-electron chi connectivity index (χ1n) is 5.08. The van der Waals surface area contributed by atoms with Crippen LogP contribution in [0.1, 0.15) is 24.7 Å². The van der Waals surface area contributed by atoms with E-state index >= 15 is 0 Å². The second kappa shape index (κ2) is 6.36. The van der Waals surface area contributed by atoms with Gasteiger partial charge in [0.1, 0.15) is 0 Å². The van der Waals surface area contributed by atoms with Crippen molar-refractivity contribution in [1.29, 1.82) is 0 Å². The third-order valence-corrected chi connectivity index (χ3v) is 2.98. The topological polar surface area (TPSA) is 43.8 Å². The van der Waals surface area contributed by atoms with Crippen LogP contribution in [0.15, 0.2) is 6.33 Å². The van der Waals surface area contributed by atoms with Crippen molar-refractivity contribution >= 4 is 24.8 Å². The number of rotatable bonds is 2. The molecule has 1 aromatic heterocycles. The van der Waals surface area contributed by atoms with E-state index in [0.29, 0.717) is 5.92 Å². The van der Waals surface area contributed by atoms with Crippen LogP contribution in [-0.2, 0) is 19.4 Å². The molecule has 88 valence electrons. The molecule has 1 unspecified atom stereocenters. The Hall–Kier alpha value is -0.250. The van der Waals surface area contributed by atoms with Crippen molar-refractivity contribution in [2.24, 2.45) is 11.7 Å². The molecule has 1 heterocycles. The highest BCUT2D eigenvalue weighted by molar-refractivity contribution is 5.85. The molecule has 1 aliphatic rings. The predicted molar refractivity (Wildman–Crippen MR) is 67.0 cm³/mol. The van der Waals surface area contributed by atoms with Crippen LogP contribution in [0.5, 0.6) is 0 Å². The minimum absolute atomic E-state index is 0. The third-order valence-electron chi connectivity index (χ3n) is 2.98. The van der Waals surface area contributed by atoms with Crippen molar-refractivity contribution < 1.29 is 0 Å². The molecule has 5 heteroatoms. The zero-order valence-electron chi connectivity index (χ0n) is 8.98. The monoisotopic (exact) mass is 251 g/mol. The van der Waals surface area contributed by atoms with E-state index in [-0.39, 0.29) is 24.8 Å². The van der Waals surface area contributed by atoms with Crippen molar-refractivity contribution in [2.75, 3.05) is 6.54 Å². The Kier molecular flexibility index (Phi) is 6.25. The zero-order chi connectivity index (χ0) is 9.26. The lowest BCUT2D eigenvalue weighted by molar-refractivity contribution is 0.453. The van der Waals surface area contributed by atoms with Gasteiger partial charge in [-0.15, -0.1) is 24.8 Å². The van der Waals surface area contributed by atoms with Crippen LogP contribution in [0.2, 0.25) is 0 Å². The fraction of sp³-hybridized carbons (Fsp3) is 0.700. The van der Waals surface area contributed by atoms with Gasteiger partial charge in [-0.3, -0.25) is 0 Å². The van der Waals surface area contributed by atoms with Crippen LogP contribution in [0.25, 0.3) is 0 Å². The summed E-state index contributed by atoms with van der Waals surface area (Å²) < 4.78 is 2.25. The van der Waals surface area contributed by atoms with E-state index in [1.807, 2.05) is 6.33 Å². The number of hydrogen-bond donors (Lipinski definition) is 1. The lowest BCUT2D eigenvalue weighted by Crippen LogP contribution is -2.23. The maximum Gasteiger partial charge on any atom is 0.0951 e. The van der Waals surface area contributed by atoms with Crippen LogP contribution in [-0.4, -0.2) is 16.1 Å². The molecule has 1 aliphatic carbocycles. The molecule has 0 aliphatic heterocycles. The molecular formula is C10H19Cl2N3. The van der Waals surface area contributed by atoms with Gasteiger partial charge in [-0.1, -0.05) is 0 Å². The lowest BCUT2D eigenvalue weighted by Gasteiger charge is -2.20. The molecule has 1 aromatic rings. The number of imidazole rings is 1. The van der Waals surface area contributed by atoms with Crippen LogP contribution in [0.3, 0.4) is 0 Å². The molecule has 2 N–H and O–H groups in total. The van der Waals surface area contributed by atoms with Gasteiger partial charge in [-0.25, -0.2) is 4.98 Å². The van der Waals surface area contributed by atoms with Gasteiger partial charge in [0.15, 0.2) is 0 Å². The smallest absolute Gasteiger partial charge is 0.0951 e. The Morgan fingerprint density at radius 1 is 1.53 bits per heavy atom. The molecule has 0 radical (unpaired) electrons. The molecular weight excluding hydrogens is 233 g/mol. The van der Waals surface area contributed by atoms with Crippen LogP contribution in [0.4, 0.5) is 0 Å². The summed E-state index contributed by atoms with van der Waals surface area (Å²) in [6.45, 7) is 4.00. The van der Waals surface area contributed by atoms with Gasteiger partial charge < -0.3 is 10.3 Å². The number of aryl methyl sites for hydroxylation is 1. The Labute approximate surface area is 103 Å². The zero-order valence-corrected chi connectivity index (χ0v) is 10.6. The van der Waals surface area contributed by atoms with Crippen molar-refractivity contribution in [3.05, 3.63) is 17.7 Å². The normalized spacial score (nSPS) is 18.7. The Bertz CT molecular complexity index is 299. The van der Waals surface area contributed by atoms with Gasteiger partial charge in [0.05, 0.1) is 12.0 Å². The number of hydrogen-bond acceptors (Lipinski definition) is 2. The fourth-order valence-corrected chi connectivity index (χ4v) is 2.10. The predicted octanol–water partition coefficient (Wildman–Crippen LogP) is 1.81. The second-order valence-corrected chi connectivity index (χ2v) is 3.77. The molecule has 1 atom stereocenters. The van der Waals surface area contributed by atoms with E-state index < -0.39 is 0 Å². The summed E-state index contributed by atoms with van der Waals surface area (Å²) in [5.74, 6) is 0.660. The average molecular weight is 252 g/mol. The van der Waals surface area contributed by atoms with Crippen molar-refractivity contribution in [2.45, 2.75) is 32.7 Å². The lowest BCUT2D eigenvalue weighted by atomic mass is 9.90. The van der Waals surface area contributed by atoms with Gasteiger partial charge >= 0.3 is 0 Å².